The van der Waals surface area contributed by atoms with E-state index < -0.39 is 0 Å². The topological polar surface area (TPSA) is 48.1 Å². The second kappa shape index (κ2) is 6.29. The number of hydrogen-bond donors (Lipinski definition) is 1. The second-order valence-corrected chi connectivity index (χ2v) is 2.33. The van der Waals surface area contributed by atoms with Gasteiger partial charge in [-0.2, -0.15) is 0 Å². The van der Waals surface area contributed by atoms with E-state index in [0.717, 1.165) is 5.56 Å². The number of nitrogens with zero attached hydrogens (tertiary/aromatic N) is 1. The van der Waals surface area contributed by atoms with E-state index in [1.165, 1.54) is 0 Å². The van der Waals surface area contributed by atoms with Crippen LogP contribution in [0.1, 0.15) is 26.3 Å². The molecule has 3 nitrogen and oxygen atoms in total. The Morgan fingerprint density at radius 2 is 2.08 bits per heavy atom. The van der Waals surface area contributed by atoms with Gasteiger partial charge in [-0.3, -0.25) is 0 Å². The molecule has 74 valence electrons. The van der Waals surface area contributed by atoms with Crippen LogP contribution in [0.5, 0.6) is 5.75 Å². The van der Waals surface area contributed by atoms with Crippen LogP contribution < -0.4 is 10.5 Å². The summed E-state index contributed by atoms with van der Waals surface area (Å²) in [7, 11) is 0. The zero-order valence-corrected chi connectivity index (χ0v) is 8.79. The Bertz CT molecular complexity index is 249. The van der Waals surface area contributed by atoms with Crippen LogP contribution in [-0.2, 0) is 0 Å². The molecule has 2 N–H and O–H groups in total. The summed E-state index contributed by atoms with van der Waals surface area (Å²) >= 11 is 0. The predicted molar refractivity (Wildman–Crippen MR) is 55.9 cm³/mol. The van der Waals surface area contributed by atoms with E-state index >= 15 is 0 Å². The average molecular weight is 182 g/mol. The van der Waals surface area contributed by atoms with Crippen molar-refractivity contribution < 1.29 is 4.74 Å². The highest BCUT2D eigenvalue weighted by Gasteiger charge is 1.99. The second-order valence-electron chi connectivity index (χ2n) is 2.33. The molecule has 0 bridgehead atoms. The first kappa shape index (κ1) is 11.8. The maximum atomic E-state index is 5.54. The zero-order chi connectivity index (χ0) is 10.3. The molecule has 1 rings (SSSR count). The van der Waals surface area contributed by atoms with E-state index in [1.807, 2.05) is 33.8 Å². The van der Waals surface area contributed by atoms with Crippen molar-refractivity contribution in [2.75, 3.05) is 12.3 Å². The molecular formula is C10H18N2O. The first-order chi connectivity index (χ1) is 6.24. The Hall–Kier alpha value is -1.25. The van der Waals surface area contributed by atoms with Gasteiger partial charge in [0.15, 0.2) is 11.6 Å². The minimum atomic E-state index is 0.456. The molecule has 1 heterocycles. The number of rotatable bonds is 2. The molecule has 0 aliphatic carbocycles. The van der Waals surface area contributed by atoms with E-state index in [2.05, 4.69) is 4.98 Å². The lowest BCUT2D eigenvalue weighted by atomic mass is 10.3. The first-order valence-electron chi connectivity index (χ1n) is 4.59. The van der Waals surface area contributed by atoms with Crippen molar-refractivity contribution in [3.8, 4) is 5.75 Å². The Balaban J connectivity index is 0.000000671. The fraction of sp³-hybridized carbons (Fsp3) is 0.500. The molecule has 0 aliphatic heterocycles. The number of anilines is 1. The van der Waals surface area contributed by atoms with Gasteiger partial charge in [-0.1, -0.05) is 13.8 Å². The van der Waals surface area contributed by atoms with Gasteiger partial charge in [0.1, 0.15) is 0 Å². The fourth-order valence-corrected chi connectivity index (χ4v) is 0.824. The maximum Gasteiger partial charge on any atom is 0.166 e. The van der Waals surface area contributed by atoms with Gasteiger partial charge in [0.05, 0.1) is 6.61 Å². The van der Waals surface area contributed by atoms with E-state index in [9.17, 15) is 0 Å². The third-order valence-electron chi connectivity index (χ3n) is 1.32. The van der Waals surface area contributed by atoms with E-state index in [4.69, 9.17) is 10.5 Å². The molecule has 0 radical (unpaired) electrons. The lowest BCUT2D eigenvalue weighted by Crippen LogP contribution is -1.99. The number of nitrogen functional groups attached to an aromatic ring is 1. The fourth-order valence-electron chi connectivity index (χ4n) is 0.824. The molecule has 3 heteroatoms. The third-order valence-corrected chi connectivity index (χ3v) is 1.32. The van der Waals surface area contributed by atoms with Crippen LogP contribution in [0.3, 0.4) is 0 Å². The van der Waals surface area contributed by atoms with Crippen molar-refractivity contribution in [1.82, 2.24) is 4.98 Å². The quantitative estimate of drug-likeness (QED) is 0.764. The smallest absolute Gasteiger partial charge is 0.166 e. The van der Waals surface area contributed by atoms with Crippen molar-refractivity contribution in [1.29, 1.82) is 0 Å². The monoisotopic (exact) mass is 182 g/mol. The summed E-state index contributed by atoms with van der Waals surface area (Å²) in [4.78, 5) is 3.95. The molecule has 0 aliphatic rings. The van der Waals surface area contributed by atoms with E-state index in [-0.39, 0.29) is 0 Å². The lowest BCUT2D eigenvalue weighted by molar-refractivity contribution is 0.340. The Morgan fingerprint density at radius 1 is 1.46 bits per heavy atom. The third kappa shape index (κ3) is 3.78. The predicted octanol–water partition coefficient (Wildman–Crippen LogP) is 2.40. The summed E-state index contributed by atoms with van der Waals surface area (Å²) in [5, 5.41) is 0. The van der Waals surface area contributed by atoms with Gasteiger partial charge < -0.3 is 10.5 Å². The number of aryl methyl sites for hydroxylation is 1. The van der Waals surface area contributed by atoms with Crippen LogP contribution >= 0.6 is 0 Å². The minimum Gasteiger partial charge on any atom is -0.490 e. The van der Waals surface area contributed by atoms with Crippen LogP contribution in [0.25, 0.3) is 0 Å². The van der Waals surface area contributed by atoms with Crippen molar-refractivity contribution in [2.45, 2.75) is 27.7 Å². The summed E-state index contributed by atoms with van der Waals surface area (Å²) in [6.07, 6.45) is 1.72. The molecule has 1 aromatic heterocycles. The molecule has 0 unspecified atom stereocenters. The van der Waals surface area contributed by atoms with Crippen molar-refractivity contribution in [3.63, 3.8) is 0 Å². The first-order valence-corrected chi connectivity index (χ1v) is 4.59. The van der Waals surface area contributed by atoms with Crippen LogP contribution in [0.15, 0.2) is 12.3 Å². The summed E-state index contributed by atoms with van der Waals surface area (Å²) < 4.78 is 5.23. The van der Waals surface area contributed by atoms with Crippen molar-refractivity contribution >= 4 is 5.82 Å². The van der Waals surface area contributed by atoms with Crippen LogP contribution in [-0.4, -0.2) is 11.6 Å². The molecule has 0 atom stereocenters. The number of hydrogen-bond acceptors (Lipinski definition) is 3. The van der Waals surface area contributed by atoms with E-state index in [0.29, 0.717) is 18.2 Å². The summed E-state index contributed by atoms with van der Waals surface area (Å²) in [6, 6.07) is 1.88. The lowest BCUT2D eigenvalue weighted by Gasteiger charge is -2.05. The van der Waals surface area contributed by atoms with Gasteiger partial charge in [0.25, 0.3) is 0 Å². The van der Waals surface area contributed by atoms with Crippen molar-refractivity contribution in [3.05, 3.63) is 17.8 Å². The number of nitrogens with two attached hydrogens (primary N) is 1. The molecule has 0 spiro atoms. The van der Waals surface area contributed by atoms with Gasteiger partial charge in [-0.15, -0.1) is 0 Å². The average Bonchev–Trinajstić information content (AvgIpc) is 2.15. The number of ether oxygens (including phenoxy) is 1. The normalized spacial score (nSPS) is 8.62. The Morgan fingerprint density at radius 3 is 2.62 bits per heavy atom. The molecular weight excluding hydrogens is 164 g/mol. The largest absolute Gasteiger partial charge is 0.490 e. The van der Waals surface area contributed by atoms with Gasteiger partial charge in [0, 0.05) is 6.20 Å². The maximum absolute atomic E-state index is 5.54. The minimum absolute atomic E-state index is 0.456. The summed E-state index contributed by atoms with van der Waals surface area (Å²) in [6.45, 7) is 8.49. The molecule has 1 aromatic rings. The number of pyridine rings is 1. The zero-order valence-electron chi connectivity index (χ0n) is 8.79. The van der Waals surface area contributed by atoms with Crippen LogP contribution in [0.2, 0.25) is 0 Å². The SMILES string of the molecule is CC.CCOc1cc(C)cnc1N. The van der Waals surface area contributed by atoms with Gasteiger partial charge in [-0.25, -0.2) is 4.98 Å². The summed E-state index contributed by atoms with van der Waals surface area (Å²) in [5.74, 6) is 1.13. The highest BCUT2D eigenvalue weighted by Crippen LogP contribution is 2.18. The molecule has 0 aromatic carbocycles. The Labute approximate surface area is 79.9 Å². The van der Waals surface area contributed by atoms with Crippen LogP contribution in [0, 0.1) is 6.92 Å². The summed E-state index contributed by atoms with van der Waals surface area (Å²) in [5.41, 5.74) is 6.60. The van der Waals surface area contributed by atoms with Crippen molar-refractivity contribution in [2.24, 2.45) is 0 Å². The van der Waals surface area contributed by atoms with Gasteiger partial charge in [-0.05, 0) is 25.5 Å². The molecule has 0 amide bonds. The highest BCUT2D eigenvalue weighted by atomic mass is 16.5. The standard InChI is InChI=1S/C8H12N2O.C2H6/c1-3-11-7-4-6(2)5-10-8(7)9;1-2/h4-5H,3H2,1-2H3,(H2,9,10);1-2H3. The Kier molecular flexibility index (Phi) is 5.68. The van der Waals surface area contributed by atoms with Crippen LogP contribution in [0.4, 0.5) is 5.82 Å². The van der Waals surface area contributed by atoms with E-state index in [1.54, 1.807) is 6.20 Å². The highest BCUT2D eigenvalue weighted by molar-refractivity contribution is 5.46. The van der Waals surface area contributed by atoms with Gasteiger partial charge in [0.2, 0.25) is 0 Å². The number of aromatic nitrogens is 1. The molecule has 13 heavy (non-hydrogen) atoms. The molecule has 0 saturated carbocycles. The molecule has 0 fully saturated rings. The van der Waals surface area contributed by atoms with Gasteiger partial charge >= 0.3 is 0 Å². The molecule has 0 saturated heterocycles.